The van der Waals surface area contributed by atoms with Crippen molar-refractivity contribution in [3.63, 3.8) is 0 Å². The zero-order chi connectivity index (χ0) is 11.3. The first kappa shape index (κ1) is 12.6. The fraction of sp³-hybridized carbons (Fsp3) is 0.636. The molecule has 0 saturated carbocycles. The lowest BCUT2D eigenvalue weighted by Gasteiger charge is -2.26. The van der Waals surface area contributed by atoms with Crippen LogP contribution in [0.1, 0.15) is 17.8 Å². The first-order valence-electron chi connectivity index (χ1n) is 5.13. The van der Waals surface area contributed by atoms with Crippen LogP contribution in [0.3, 0.4) is 0 Å². The third-order valence-corrected chi connectivity index (χ3v) is 3.56. The molecule has 0 aliphatic rings. The lowest BCUT2D eigenvalue weighted by atomic mass is 10.2. The molecule has 3 nitrogen and oxygen atoms in total. The van der Waals surface area contributed by atoms with Crippen molar-refractivity contribution in [2.24, 2.45) is 5.73 Å². The van der Waals surface area contributed by atoms with Crippen molar-refractivity contribution in [1.82, 2.24) is 4.90 Å². The Morgan fingerprint density at radius 3 is 2.87 bits per heavy atom. The van der Waals surface area contributed by atoms with Gasteiger partial charge in [-0.05, 0) is 25.4 Å². The van der Waals surface area contributed by atoms with E-state index in [-0.39, 0.29) is 6.04 Å². The van der Waals surface area contributed by atoms with Crippen molar-refractivity contribution in [1.29, 1.82) is 0 Å². The molecule has 0 aliphatic carbocycles. The topological polar surface area (TPSA) is 38.5 Å². The van der Waals surface area contributed by atoms with Crippen LogP contribution in [0, 0.1) is 0 Å². The van der Waals surface area contributed by atoms with E-state index in [1.807, 2.05) is 0 Å². The van der Waals surface area contributed by atoms with Gasteiger partial charge in [0, 0.05) is 30.6 Å². The van der Waals surface area contributed by atoms with Crippen LogP contribution in [-0.2, 0) is 4.74 Å². The molecule has 0 amide bonds. The molecule has 2 unspecified atom stereocenters. The third kappa shape index (κ3) is 3.91. The first-order valence-corrected chi connectivity index (χ1v) is 6.01. The number of hydrogen-bond acceptors (Lipinski definition) is 4. The van der Waals surface area contributed by atoms with Crippen LogP contribution in [0.5, 0.6) is 0 Å². The van der Waals surface area contributed by atoms with Crippen molar-refractivity contribution in [3.05, 3.63) is 22.4 Å². The molecule has 86 valence electrons. The lowest BCUT2D eigenvalue weighted by Crippen LogP contribution is -2.39. The van der Waals surface area contributed by atoms with Gasteiger partial charge in [0.05, 0.1) is 6.61 Å². The molecule has 15 heavy (non-hydrogen) atoms. The van der Waals surface area contributed by atoms with Crippen LogP contribution >= 0.6 is 11.3 Å². The number of ether oxygens (including phenoxy) is 1. The number of rotatable bonds is 6. The van der Waals surface area contributed by atoms with Gasteiger partial charge in [0.1, 0.15) is 0 Å². The molecule has 0 aliphatic heterocycles. The summed E-state index contributed by atoms with van der Waals surface area (Å²) in [5.41, 5.74) is 5.91. The van der Waals surface area contributed by atoms with E-state index in [1.165, 1.54) is 4.88 Å². The second-order valence-corrected chi connectivity index (χ2v) is 4.83. The van der Waals surface area contributed by atoms with E-state index in [2.05, 4.69) is 36.4 Å². The molecule has 2 N–H and O–H groups in total. The smallest absolute Gasteiger partial charge is 0.0626 e. The molecule has 1 aromatic heterocycles. The largest absolute Gasteiger partial charge is 0.383 e. The summed E-state index contributed by atoms with van der Waals surface area (Å²) in [5.74, 6) is 0. The SMILES string of the molecule is COCC(N)CN(C)C(C)c1cccs1. The maximum atomic E-state index is 5.91. The van der Waals surface area contributed by atoms with E-state index < -0.39 is 0 Å². The molecule has 4 heteroatoms. The number of methoxy groups -OCH3 is 1. The van der Waals surface area contributed by atoms with Gasteiger partial charge in [0.15, 0.2) is 0 Å². The average Bonchev–Trinajstić information content (AvgIpc) is 2.69. The highest BCUT2D eigenvalue weighted by molar-refractivity contribution is 7.10. The molecule has 1 heterocycles. The van der Waals surface area contributed by atoms with Gasteiger partial charge in [-0.15, -0.1) is 11.3 Å². The minimum atomic E-state index is 0.0856. The highest BCUT2D eigenvalue weighted by Gasteiger charge is 2.14. The summed E-state index contributed by atoms with van der Waals surface area (Å²) in [6, 6.07) is 4.75. The second kappa shape index (κ2) is 6.23. The summed E-state index contributed by atoms with van der Waals surface area (Å²) in [4.78, 5) is 3.64. The molecule has 0 fully saturated rings. The molecular formula is C11H20N2OS. The van der Waals surface area contributed by atoms with E-state index in [1.54, 1.807) is 18.4 Å². The van der Waals surface area contributed by atoms with Gasteiger partial charge in [0.2, 0.25) is 0 Å². The summed E-state index contributed by atoms with van der Waals surface area (Å²) in [7, 11) is 3.78. The maximum Gasteiger partial charge on any atom is 0.0626 e. The standard InChI is InChI=1S/C11H20N2OS/c1-9(11-5-4-6-15-11)13(2)7-10(12)8-14-3/h4-6,9-10H,7-8,12H2,1-3H3. The Kier molecular flexibility index (Phi) is 5.25. The Morgan fingerprint density at radius 1 is 1.60 bits per heavy atom. The van der Waals surface area contributed by atoms with Crippen LogP contribution in [0.15, 0.2) is 17.5 Å². The van der Waals surface area contributed by atoms with E-state index >= 15 is 0 Å². The van der Waals surface area contributed by atoms with Crippen molar-refractivity contribution in [2.45, 2.75) is 19.0 Å². The molecule has 1 aromatic rings. The molecule has 0 bridgehead atoms. The van der Waals surface area contributed by atoms with Crippen LogP contribution < -0.4 is 5.73 Å². The summed E-state index contributed by atoms with van der Waals surface area (Å²) in [6.07, 6.45) is 0. The Morgan fingerprint density at radius 2 is 2.33 bits per heavy atom. The number of hydrogen-bond donors (Lipinski definition) is 1. The summed E-state index contributed by atoms with van der Waals surface area (Å²) < 4.78 is 5.03. The molecular weight excluding hydrogens is 208 g/mol. The summed E-state index contributed by atoms with van der Waals surface area (Å²) in [5, 5.41) is 2.11. The zero-order valence-electron chi connectivity index (χ0n) is 9.64. The normalized spacial score (nSPS) is 15.5. The van der Waals surface area contributed by atoms with Crippen molar-refractivity contribution >= 4 is 11.3 Å². The van der Waals surface area contributed by atoms with Gasteiger partial charge >= 0.3 is 0 Å². The molecule has 0 radical (unpaired) electrons. The van der Waals surface area contributed by atoms with Crippen LogP contribution in [0.4, 0.5) is 0 Å². The fourth-order valence-corrected chi connectivity index (χ4v) is 2.39. The van der Waals surface area contributed by atoms with Gasteiger partial charge in [-0.25, -0.2) is 0 Å². The third-order valence-electron chi connectivity index (χ3n) is 2.52. The van der Waals surface area contributed by atoms with Gasteiger partial charge < -0.3 is 10.5 Å². The monoisotopic (exact) mass is 228 g/mol. The number of likely N-dealkylation sites (N-methyl/N-ethyl adjacent to an activating group) is 1. The van der Waals surface area contributed by atoms with Gasteiger partial charge in [-0.2, -0.15) is 0 Å². The molecule has 0 saturated heterocycles. The molecule has 1 rings (SSSR count). The fourth-order valence-electron chi connectivity index (χ4n) is 1.54. The number of nitrogens with two attached hydrogens (primary N) is 1. The Balaban J connectivity index is 2.43. The van der Waals surface area contributed by atoms with Crippen molar-refractivity contribution < 1.29 is 4.74 Å². The Hall–Kier alpha value is -0.420. The van der Waals surface area contributed by atoms with E-state index in [9.17, 15) is 0 Å². The van der Waals surface area contributed by atoms with Gasteiger partial charge in [0.25, 0.3) is 0 Å². The van der Waals surface area contributed by atoms with Crippen LogP contribution in [0.25, 0.3) is 0 Å². The maximum absolute atomic E-state index is 5.91. The van der Waals surface area contributed by atoms with Crippen LogP contribution in [0.2, 0.25) is 0 Å². The first-order chi connectivity index (χ1) is 7.15. The van der Waals surface area contributed by atoms with E-state index in [4.69, 9.17) is 10.5 Å². The quantitative estimate of drug-likeness (QED) is 0.805. The zero-order valence-corrected chi connectivity index (χ0v) is 10.5. The van der Waals surface area contributed by atoms with Gasteiger partial charge in [-0.1, -0.05) is 6.07 Å². The summed E-state index contributed by atoms with van der Waals surface area (Å²) >= 11 is 1.79. The number of nitrogens with zero attached hydrogens (tertiary/aromatic N) is 1. The van der Waals surface area contributed by atoms with Gasteiger partial charge in [-0.3, -0.25) is 4.90 Å². The molecule has 0 spiro atoms. The summed E-state index contributed by atoms with van der Waals surface area (Å²) in [6.45, 7) is 3.67. The number of thiophene rings is 1. The predicted octanol–water partition coefficient (Wildman–Crippen LogP) is 1.71. The minimum Gasteiger partial charge on any atom is -0.383 e. The highest BCUT2D eigenvalue weighted by Crippen LogP contribution is 2.23. The highest BCUT2D eigenvalue weighted by atomic mass is 32.1. The molecule has 0 aromatic carbocycles. The average molecular weight is 228 g/mol. The Labute approximate surface area is 95.8 Å². The van der Waals surface area contributed by atoms with Crippen molar-refractivity contribution in [2.75, 3.05) is 27.3 Å². The van der Waals surface area contributed by atoms with Crippen LogP contribution in [-0.4, -0.2) is 38.3 Å². The van der Waals surface area contributed by atoms with E-state index in [0.29, 0.717) is 12.6 Å². The molecule has 2 atom stereocenters. The van der Waals surface area contributed by atoms with Crippen molar-refractivity contribution in [3.8, 4) is 0 Å². The predicted molar refractivity (Wildman–Crippen MR) is 65.2 cm³/mol. The minimum absolute atomic E-state index is 0.0856. The Bertz CT molecular complexity index is 264. The second-order valence-electron chi connectivity index (χ2n) is 3.85. The lowest BCUT2D eigenvalue weighted by molar-refractivity contribution is 0.151. The van der Waals surface area contributed by atoms with E-state index in [0.717, 1.165) is 6.54 Å².